The monoisotopic (exact) mass is 455 g/mol. The van der Waals surface area contributed by atoms with Gasteiger partial charge in [-0.3, -0.25) is 14.6 Å². The van der Waals surface area contributed by atoms with Gasteiger partial charge in [-0.1, -0.05) is 23.7 Å². The Morgan fingerprint density at radius 3 is 2.56 bits per heavy atom. The summed E-state index contributed by atoms with van der Waals surface area (Å²) < 4.78 is 10.5. The van der Waals surface area contributed by atoms with Gasteiger partial charge in [-0.05, 0) is 42.3 Å². The lowest BCUT2D eigenvalue weighted by Gasteiger charge is -2.34. The zero-order chi connectivity index (χ0) is 22.7. The van der Waals surface area contributed by atoms with E-state index in [-0.39, 0.29) is 11.5 Å². The first-order chi connectivity index (χ1) is 15.4. The molecule has 0 atom stereocenters. The molecule has 1 fully saturated rings. The number of methoxy groups -OCH3 is 1. The van der Waals surface area contributed by atoms with Crippen LogP contribution in [0.25, 0.3) is 11.0 Å². The molecule has 0 saturated carbocycles. The molecule has 4 rings (SSSR count). The van der Waals surface area contributed by atoms with Gasteiger partial charge in [0.05, 0.1) is 18.7 Å². The van der Waals surface area contributed by atoms with Gasteiger partial charge >= 0.3 is 5.63 Å². The standard InChI is InChI=1S/C24H26ClN3O4/c1-16-3-5-19-17(12-24(30)32-22(19)11-16)14-27-7-9-28(10-8-27)15-23(29)26-18-4-6-21(31-2)20(25)13-18/h3-6,11-13H,7-10,14-15H2,1-2H3,(H,26,29). The summed E-state index contributed by atoms with van der Waals surface area (Å²) in [4.78, 5) is 28.8. The summed E-state index contributed by atoms with van der Waals surface area (Å²) in [6, 6.07) is 12.7. The van der Waals surface area contributed by atoms with Crippen LogP contribution in [0.3, 0.4) is 0 Å². The highest BCUT2D eigenvalue weighted by Crippen LogP contribution is 2.27. The van der Waals surface area contributed by atoms with Crippen molar-refractivity contribution in [1.29, 1.82) is 0 Å². The molecule has 1 aliphatic heterocycles. The number of ether oxygens (including phenoxy) is 1. The van der Waals surface area contributed by atoms with Crippen molar-refractivity contribution in [2.24, 2.45) is 0 Å². The van der Waals surface area contributed by atoms with Crippen molar-refractivity contribution >= 4 is 34.2 Å². The number of hydrogen-bond donors (Lipinski definition) is 1. The minimum Gasteiger partial charge on any atom is -0.495 e. The van der Waals surface area contributed by atoms with E-state index in [0.29, 0.717) is 35.1 Å². The highest BCUT2D eigenvalue weighted by molar-refractivity contribution is 6.32. The number of hydrogen-bond acceptors (Lipinski definition) is 6. The molecule has 168 valence electrons. The molecule has 8 heteroatoms. The van der Waals surface area contributed by atoms with Gasteiger partial charge in [0.25, 0.3) is 0 Å². The van der Waals surface area contributed by atoms with E-state index in [2.05, 4.69) is 15.1 Å². The number of carbonyl (C=O) groups is 1. The summed E-state index contributed by atoms with van der Waals surface area (Å²) in [5.41, 5.74) is 2.97. The van der Waals surface area contributed by atoms with Crippen LogP contribution < -0.4 is 15.7 Å². The maximum Gasteiger partial charge on any atom is 0.336 e. The molecule has 3 aromatic rings. The summed E-state index contributed by atoms with van der Waals surface area (Å²) in [7, 11) is 1.55. The van der Waals surface area contributed by atoms with Gasteiger partial charge in [0.15, 0.2) is 0 Å². The Bertz CT molecular complexity index is 1190. The van der Waals surface area contributed by atoms with Crippen LogP contribution in [0.4, 0.5) is 5.69 Å². The number of piperazine rings is 1. The topological polar surface area (TPSA) is 75.0 Å². The number of nitrogens with one attached hydrogen (secondary N) is 1. The van der Waals surface area contributed by atoms with Gasteiger partial charge in [-0.15, -0.1) is 0 Å². The van der Waals surface area contributed by atoms with Crippen molar-refractivity contribution in [2.45, 2.75) is 13.5 Å². The normalized spacial score (nSPS) is 15.1. The van der Waals surface area contributed by atoms with Crippen LogP contribution in [0, 0.1) is 6.92 Å². The minimum absolute atomic E-state index is 0.0817. The summed E-state index contributed by atoms with van der Waals surface area (Å²) in [6.45, 7) is 6.14. The molecule has 0 aliphatic carbocycles. The summed E-state index contributed by atoms with van der Waals surface area (Å²) in [5.74, 6) is 0.488. The van der Waals surface area contributed by atoms with Crippen LogP contribution >= 0.6 is 11.6 Å². The first-order valence-corrected chi connectivity index (χ1v) is 10.9. The Morgan fingerprint density at radius 1 is 1.09 bits per heavy atom. The third-order valence-corrected chi connectivity index (χ3v) is 5.94. The quantitative estimate of drug-likeness (QED) is 0.573. The lowest BCUT2D eigenvalue weighted by molar-refractivity contribution is -0.117. The van der Waals surface area contributed by atoms with E-state index in [1.807, 2.05) is 25.1 Å². The zero-order valence-corrected chi connectivity index (χ0v) is 18.9. The van der Waals surface area contributed by atoms with Gasteiger partial charge < -0.3 is 14.5 Å². The number of anilines is 1. The van der Waals surface area contributed by atoms with Gasteiger partial charge in [0, 0.05) is 49.9 Å². The number of aryl methyl sites for hydroxylation is 1. The number of halogens is 1. The molecule has 0 radical (unpaired) electrons. The molecule has 1 N–H and O–H groups in total. The summed E-state index contributed by atoms with van der Waals surface area (Å²) in [6.07, 6.45) is 0. The maximum atomic E-state index is 12.4. The molecule has 1 saturated heterocycles. The number of rotatable bonds is 6. The van der Waals surface area contributed by atoms with Gasteiger partial charge in [-0.25, -0.2) is 4.79 Å². The van der Waals surface area contributed by atoms with Crippen LogP contribution in [-0.2, 0) is 11.3 Å². The fourth-order valence-corrected chi connectivity index (χ4v) is 4.22. The Balaban J connectivity index is 1.32. The predicted molar refractivity (Wildman–Crippen MR) is 126 cm³/mol. The number of amides is 1. The molecule has 2 aromatic carbocycles. The zero-order valence-electron chi connectivity index (χ0n) is 18.2. The summed E-state index contributed by atoms with van der Waals surface area (Å²) in [5, 5.41) is 4.31. The molecule has 0 bridgehead atoms. The van der Waals surface area contributed by atoms with Crippen molar-refractivity contribution in [1.82, 2.24) is 9.80 Å². The SMILES string of the molecule is COc1ccc(NC(=O)CN2CCN(Cc3cc(=O)oc4cc(C)ccc34)CC2)cc1Cl. The average molecular weight is 456 g/mol. The van der Waals surface area contributed by atoms with E-state index in [9.17, 15) is 9.59 Å². The molecular formula is C24H26ClN3O4. The molecule has 0 unspecified atom stereocenters. The number of carbonyl (C=O) groups excluding carboxylic acids is 1. The van der Waals surface area contributed by atoms with Crippen LogP contribution in [0.1, 0.15) is 11.1 Å². The Labute approximate surface area is 191 Å². The number of benzene rings is 2. The molecule has 1 aliphatic rings. The molecule has 1 amide bonds. The Hall–Kier alpha value is -2.87. The van der Waals surface area contributed by atoms with E-state index in [0.717, 1.165) is 42.7 Å². The van der Waals surface area contributed by atoms with Crippen LogP contribution in [0.15, 0.2) is 51.7 Å². The van der Waals surface area contributed by atoms with Crippen LogP contribution in [-0.4, -0.2) is 55.5 Å². The lowest BCUT2D eigenvalue weighted by Crippen LogP contribution is -2.48. The van der Waals surface area contributed by atoms with Crippen molar-refractivity contribution < 1.29 is 13.9 Å². The minimum atomic E-state index is -0.327. The largest absolute Gasteiger partial charge is 0.495 e. The molecular weight excluding hydrogens is 430 g/mol. The second kappa shape index (κ2) is 9.73. The van der Waals surface area contributed by atoms with Crippen molar-refractivity contribution in [3.8, 4) is 5.75 Å². The fraction of sp³-hybridized carbons (Fsp3) is 0.333. The summed E-state index contributed by atoms with van der Waals surface area (Å²) >= 11 is 6.12. The van der Waals surface area contributed by atoms with E-state index >= 15 is 0 Å². The van der Waals surface area contributed by atoms with Crippen molar-refractivity contribution in [3.63, 3.8) is 0 Å². The highest BCUT2D eigenvalue weighted by atomic mass is 35.5. The molecule has 7 nitrogen and oxygen atoms in total. The fourth-order valence-electron chi connectivity index (χ4n) is 3.96. The first kappa shape index (κ1) is 22.3. The smallest absolute Gasteiger partial charge is 0.336 e. The molecule has 2 heterocycles. The first-order valence-electron chi connectivity index (χ1n) is 10.5. The van der Waals surface area contributed by atoms with Crippen molar-refractivity contribution in [2.75, 3.05) is 45.2 Å². The third kappa shape index (κ3) is 5.30. The number of nitrogens with zero attached hydrogens (tertiary/aromatic N) is 2. The molecule has 0 spiro atoms. The molecule has 32 heavy (non-hydrogen) atoms. The molecule has 1 aromatic heterocycles. The Kier molecular flexibility index (Phi) is 6.79. The maximum absolute atomic E-state index is 12.4. The van der Waals surface area contributed by atoms with E-state index in [1.54, 1.807) is 31.4 Å². The average Bonchev–Trinajstić information content (AvgIpc) is 2.75. The predicted octanol–water partition coefficient (Wildman–Crippen LogP) is 3.52. The third-order valence-electron chi connectivity index (χ3n) is 5.65. The van der Waals surface area contributed by atoms with E-state index < -0.39 is 0 Å². The van der Waals surface area contributed by atoms with Crippen LogP contribution in [0.2, 0.25) is 5.02 Å². The second-order valence-electron chi connectivity index (χ2n) is 8.04. The second-order valence-corrected chi connectivity index (χ2v) is 8.45. The highest BCUT2D eigenvalue weighted by Gasteiger charge is 2.20. The van der Waals surface area contributed by atoms with Gasteiger partial charge in [0.1, 0.15) is 11.3 Å². The lowest BCUT2D eigenvalue weighted by atomic mass is 10.1. The van der Waals surface area contributed by atoms with E-state index in [4.69, 9.17) is 20.8 Å². The van der Waals surface area contributed by atoms with Gasteiger partial charge in [-0.2, -0.15) is 0 Å². The van der Waals surface area contributed by atoms with Crippen molar-refractivity contribution in [3.05, 3.63) is 69.0 Å². The number of fused-ring (bicyclic) bond motifs is 1. The van der Waals surface area contributed by atoms with Crippen LogP contribution in [0.5, 0.6) is 5.75 Å². The van der Waals surface area contributed by atoms with Gasteiger partial charge in [0.2, 0.25) is 5.91 Å². The van der Waals surface area contributed by atoms with E-state index in [1.165, 1.54) is 0 Å². The Morgan fingerprint density at radius 2 is 1.84 bits per heavy atom.